The second-order valence-corrected chi connectivity index (χ2v) is 12.7. The number of nitrogens with zero attached hydrogens (tertiary/aromatic N) is 2. The fourth-order valence-corrected chi connectivity index (χ4v) is 7.44. The van der Waals surface area contributed by atoms with Crippen LogP contribution in [0.5, 0.6) is 0 Å². The van der Waals surface area contributed by atoms with E-state index in [0.29, 0.717) is 29.6 Å². The first-order valence-corrected chi connectivity index (χ1v) is 14.1. The highest BCUT2D eigenvalue weighted by atomic mass is 16.3. The third kappa shape index (κ3) is 4.50. The van der Waals surface area contributed by atoms with E-state index in [1.54, 1.807) is 0 Å². The summed E-state index contributed by atoms with van der Waals surface area (Å²) in [6, 6.07) is 13.1. The second kappa shape index (κ2) is 9.47. The summed E-state index contributed by atoms with van der Waals surface area (Å²) in [7, 11) is 0. The Morgan fingerprint density at radius 1 is 0.771 bits per heavy atom. The molecular weight excluding hydrogens is 428 g/mol. The molecule has 2 aromatic heterocycles. The van der Waals surface area contributed by atoms with Gasteiger partial charge in [0.2, 0.25) is 0 Å². The van der Waals surface area contributed by atoms with Crippen LogP contribution in [-0.4, -0.2) is 15.1 Å². The third-order valence-corrected chi connectivity index (χ3v) is 9.44. The molecule has 3 heteroatoms. The van der Waals surface area contributed by atoms with Gasteiger partial charge in [-0.05, 0) is 73.3 Å². The molecule has 1 aromatic carbocycles. The first kappa shape index (κ1) is 24.7. The number of hydrogen-bond donors (Lipinski definition) is 1. The summed E-state index contributed by atoms with van der Waals surface area (Å²) >= 11 is 0. The largest absolute Gasteiger partial charge is 0.383 e. The lowest BCUT2D eigenvalue weighted by Crippen LogP contribution is -2.43. The van der Waals surface area contributed by atoms with Crippen molar-refractivity contribution in [1.82, 2.24) is 9.97 Å². The minimum atomic E-state index is -0.874. The van der Waals surface area contributed by atoms with E-state index >= 15 is 0 Å². The molecular formula is C32H44N2O. The number of aromatic nitrogens is 2. The lowest BCUT2D eigenvalue weighted by molar-refractivity contribution is -0.0894. The predicted molar refractivity (Wildman–Crippen MR) is 146 cm³/mol. The lowest BCUT2D eigenvalue weighted by Gasteiger charge is -2.44. The van der Waals surface area contributed by atoms with Crippen molar-refractivity contribution in [3.05, 3.63) is 47.8 Å². The Hall–Kier alpha value is -2.00. The molecule has 2 saturated carbocycles. The minimum Gasteiger partial charge on any atom is -0.383 e. The molecule has 5 rings (SSSR count). The number of hydrogen-bond acceptors (Lipinski definition) is 3. The average molecular weight is 473 g/mol. The molecule has 0 bridgehead atoms. The van der Waals surface area contributed by atoms with Crippen LogP contribution in [0.1, 0.15) is 97.4 Å². The molecule has 0 radical (unpaired) electrons. The van der Waals surface area contributed by atoms with Crippen molar-refractivity contribution in [2.45, 2.75) is 91.6 Å². The topological polar surface area (TPSA) is 46.0 Å². The zero-order chi connectivity index (χ0) is 24.9. The maximum absolute atomic E-state index is 12.1. The number of rotatable bonds is 4. The summed E-state index contributed by atoms with van der Waals surface area (Å²) in [5.41, 5.74) is 3.13. The maximum atomic E-state index is 12.1. The highest BCUT2D eigenvalue weighted by Gasteiger charge is 2.45. The van der Waals surface area contributed by atoms with Gasteiger partial charge in [0.1, 0.15) is 5.60 Å². The van der Waals surface area contributed by atoms with E-state index in [-0.39, 0.29) is 5.92 Å². The van der Waals surface area contributed by atoms with Crippen molar-refractivity contribution < 1.29 is 5.11 Å². The van der Waals surface area contributed by atoms with E-state index in [2.05, 4.69) is 77.9 Å². The van der Waals surface area contributed by atoms with Crippen LogP contribution in [0.15, 0.2) is 36.4 Å². The average Bonchev–Trinajstić information content (AvgIpc) is 2.82. The zero-order valence-electron chi connectivity index (χ0n) is 22.6. The summed E-state index contributed by atoms with van der Waals surface area (Å²) in [4.78, 5) is 10.5. The molecule has 3 nitrogen and oxygen atoms in total. The second-order valence-electron chi connectivity index (χ2n) is 12.7. The van der Waals surface area contributed by atoms with Gasteiger partial charge in [-0.3, -0.25) is 4.98 Å². The molecule has 2 heterocycles. The Morgan fingerprint density at radius 2 is 1.40 bits per heavy atom. The van der Waals surface area contributed by atoms with E-state index in [9.17, 15) is 5.11 Å². The minimum absolute atomic E-state index is 0.234. The smallest absolute Gasteiger partial charge is 0.110 e. The van der Waals surface area contributed by atoms with Crippen molar-refractivity contribution in [2.75, 3.05) is 0 Å². The quantitative estimate of drug-likeness (QED) is 0.389. The summed E-state index contributed by atoms with van der Waals surface area (Å²) < 4.78 is 0. The molecule has 0 aliphatic heterocycles. The summed E-state index contributed by atoms with van der Waals surface area (Å²) in [5.74, 6) is 3.77. The van der Waals surface area contributed by atoms with E-state index in [1.807, 2.05) is 0 Å². The summed E-state index contributed by atoms with van der Waals surface area (Å²) in [6.07, 6.45) is 6.87. The molecule has 188 valence electrons. The Bertz CT molecular complexity index is 1200. The van der Waals surface area contributed by atoms with Gasteiger partial charge in [0.15, 0.2) is 0 Å². The maximum Gasteiger partial charge on any atom is 0.110 e. The predicted octanol–water partition coefficient (Wildman–Crippen LogP) is 8.24. The molecule has 3 aromatic rings. The first-order chi connectivity index (χ1) is 16.7. The summed E-state index contributed by atoms with van der Waals surface area (Å²) in [5, 5.41) is 14.3. The molecule has 0 saturated heterocycles. The molecule has 0 spiro atoms. The van der Waals surface area contributed by atoms with Crippen LogP contribution in [0.3, 0.4) is 0 Å². The van der Waals surface area contributed by atoms with Crippen LogP contribution in [0.4, 0.5) is 0 Å². The van der Waals surface area contributed by atoms with Crippen molar-refractivity contribution in [1.29, 1.82) is 0 Å². The molecule has 2 aliphatic carbocycles. The molecule has 0 amide bonds. The molecule has 2 aliphatic rings. The molecule has 2 fully saturated rings. The van der Waals surface area contributed by atoms with E-state index in [4.69, 9.17) is 9.97 Å². The first-order valence-electron chi connectivity index (χ1n) is 14.1. The van der Waals surface area contributed by atoms with Gasteiger partial charge in [-0.2, -0.15) is 0 Å². The molecule has 6 atom stereocenters. The van der Waals surface area contributed by atoms with Gasteiger partial charge in [0.25, 0.3) is 0 Å². The van der Waals surface area contributed by atoms with Gasteiger partial charge < -0.3 is 5.11 Å². The van der Waals surface area contributed by atoms with Crippen molar-refractivity contribution >= 4 is 21.8 Å². The highest BCUT2D eigenvalue weighted by molar-refractivity contribution is 6.02. The van der Waals surface area contributed by atoms with Gasteiger partial charge >= 0.3 is 0 Å². The number of pyridine rings is 2. The molecule has 6 unspecified atom stereocenters. The normalized spacial score (nSPS) is 32.1. The Morgan fingerprint density at radius 3 is 2.09 bits per heavy atom. The monoisotopic (exact) mass is 472 g/mol. The standard InChI is InChI=1S/C32H44N2O/c1-19(2)25-13-7-21(5)17-26(25)28-15-11-23-9-10-24-12-16-29(34-31(24)30(23)33-28)32(35)18-22(6)8-14-27(32)20(3)4/h9-12,15-16,19-22,25-27,35H,7-8,13-14,17-18H2,1-6H3. The van der Waals surface area contributed by atoms with Crippen LogP contribution in [-0.2, 0) is 5.60 Å². The Kier molecular flexibility index (Phi) is 6.68. The number of aliphatic hydroxyl groups is 1. The van der Waals surface area contributed by atoms with Crippen LogP contribution in [0, 0.1) is 35.5 Å². The van der Waals surface area contributed by atoms with Gasteiger partial charge in [0.05, 0.1) is 16.7 Å². The zero-order valence-corrected chi connectivity index (χ0v) is 22.6. The third-order valence-electron chi connectivity index (χ3n) is 9.44. The van der Waals surface area contributed by atoms with E-state index in [1.165, 1.54) is 31.4 Å². The summed E-state index contributed by atoms with van der Waals surface area (Å²) in [6.45, 7) is 13.9. The van der Waals surface area contributed by atoms with Crippen LogP contribution >= 0.6 is 0 Å². The number of benzene rings is 1. The fourth-order valence-electron chi connectivity index (χ4n) is 7.44. The van der Waals surface area contributed by atoms with Gasteiger partial charge in [-0.1, -0.05) is 78.6 Å². The van der Waals surface area contributed by atoms with Crippen molar-refractivity contribution in [2.24, 2.45) is 35.5 Å². The highest BCUT2D eigenvalue weighted by Crippen LogP contribution is 2.47. The van der Waals surface area contributed by atoms with Gasteiger partial charge in [-0.15, -0.1) is 0 Å². The fraction of sp³-hybridized carbons (Fsp3) is 0.625. The Labute approximate surface area is 211 Å². The van der Waals surface area contributed by atoms with E-state index in [0.717, 1.165) is 46.3 Å². The Balaban J connectivity index is 1.63. The molecule has 1 N–H and O–H groups in total. The lowest BCUT2D eigenvalue weighted by atomic mass is 9.65. The van der Waals surface area contributed by atoms with Crippen molar-refractivity contribution in [3.63, 3.8) is 0 Å². The SMILES string of the molecule is CC1CCC(C(C)C)C(c2ccc3ccc4ccc(C5(O)CC(C)CCC5C(C)C)nc4c3n2)C1. The van der Waals surface area contributed by atoms with Crippen LogP contribution < -0.4 is 0 Å². The van der Waals surface area contributed by atoms with Crippen molar-refractivity contribution in [3.8, 4) is 0 Å². The van der Waals surface area contributed by atoms with Gasteiger partial charge in [-0.25, -0.2) is 4.98 Å². The van der Waals surface area contributed by atoms with Gasteiger partial charge in [0, 0.05) is 22.4 Å². The van der Waals surface area contributed by atoms with E-state index < -0.39 is 5.60 Å². The van der Waals surface area contributed by atoms with Crippen LogP contribution in [0.2, 0.25) is 0 Å². The van der Waals surface area contributed by atoms with Crippen LogP contribution in [0.25, 0.3) is 21.8 Å². The molecule has 35 heavy (non-hydrogen) atoms. The number of fused-ring (bicyclic) bond motifs is 3.